The summed E-state index contributed by atoms with van der Waals surface area (Å²) in [7, 11) is 3.03. The first-order chi connectivity index (χ1) is 17.2. The highest BCUT2D eigenvalue weighted by Crippen LogP contribution is 2.42. The first-order valence-electron chi connectivity index (χ1n) is 11.6. The fourth-order valence-corrected chi connectivity index (χ4v) is 4.68. The van der Waals surface area contributed by atoms with Gasteiger partial charge in [0.2, 0.25) is 5.78 Å². The van der Waals surface area contributed by atoms with Gasteiger partial charge in [0, 0.05) is 23.0 Å². The number of amides is 1. The second-order valence-electron chi connectivity index (χ2n) is 8.67. The average molecular weight is 558 g/mol. The fraction of sp³-hybridized carbons (Fsp3) is 0.333. The van der Waals surface area contributed by atoms with E-state index in [-0.39, 0.29) is 24.0 Å². The highest BCUT2D eigenvalue weighted by atomic mass is 79.9. The molecule has 0 radical (unpaired) electrons. The van der Waals surface area contributed by atoms with Gasteiger partial charge in [0.25, 0.3) is 5.91 Å². The zero-order chi connectivity index (χ0) is 26.0. The molecule has 0 saturated carbocycles. The Hall–Kier alpha value is -3.30. The molecule has 4 rings (SSSR count). The molecule has 8 nitrogen and oxygen atoms in total. The van der Waals surface area contributed by atoms with E-state index in [1.807, 2.05) is 26.0 Å². The Morgan fingerprint density at radius 2 is 1.86 bits per heavy atom. The normalized spacial score (nSPS) is 15.9. The lowest BCUT2D eigenvalue weighted by atomic mass is 9.94. The zero-order valence-electron chi connectivity index (χ0n) is 20.5. The molecule has 1 amide bonds. The lowest BCUT2D eigenvalue weighted by Gasteiger charge is -2.27. The van der Waals surface area contributed by atoms with Crippen molar-refractivity contribution in [2.24, 2.45) is 0 Å². The Morgan fingerprint density at radius 3 is 2.56 bits per heavy atom. The summed E-state index contributed by atoms with van der Waals surface area (Å²) in [6, 6.07) is 11.3. The van der Waals surface area contributed by atoms with Crippen molar-refractivity contribution in [3.05, 3.63) is 69.6 Å². The van der Waals surface area contributed by atoms with Gasteiger partial charge in [0.15, 0.2) is 23.0 Å². The Morgan fingerprint density at radius 1 is 1.11 bits per heavy atom. The number of Topliss-reactive ketones (excluding diaryl/α,β-unsaturated/α-hetero) is 1. The molecule has 3 aromatic rings. The summed E-state index contributed by atoms with van der Waals surface area (Å²) in [4.78, 5) is 28.4. The van der Waals surface area contributed by atoms with Crippen LogP contribution in [0.1, 0.15) is 42.4 Å². The fourth-order valence-electron chi connectivity index (χ4n) is 4.30. The number of hydrogen-bond acceptors (Lipinski definition) is 7. The van der Waals surface area contributed by atoms with Crippen LogP contribution in [0.5, 0.6) is 11.5 Å². The number of fused-ring (bicyclic) bond motifs is 1. The maximum absolute atomic E-state index is 13.7. The van der Waals surface area contributed by atoms with Crippen molar-refractivity contribution < 1.29 is 33.3 Å². The minimum absolute atomic E-state index is 0.0351. The van der Waals surface area contributed by atoms with E-state index in [4.69, 9.17) is 18.6 Å². The molecule has 2 heterocycles. The predicted molar refractivity (Wildman–Crippen MR) is 138 cm³/mol. The number of ketones is 1. The molecule has 36 heavy (non-hydrogen) atoms. The highest BCUT2D eigenvalue weighted by Gasteiger charge is 2.44. The summed E-state index contributed by atoms with van der Waals surface area (Å²) in [5, 5.41) is 11.6. The monoisotopic (exact) mass is 557 g/mol. The van der Waals surface area contributed by atoms with Gasteiger partial charge in [-0.05, 0) is 62.2 Å². The SMILES string of the molecule is COc1ccc(C2C(C(=O)c3cc4cc(Br)ccc4o3)=C(O)C(=O)N2CCCOC(C)C)cc1OC. The number of furan rings is 1. The van der Waals surface area contributed by atoms with Crippen LogP contribution < -0.4 is 9.47 Å². The third-order valence-corrected chi connectivity index (χ3v) is 6.46. The second kappa shape index (κ2) is 10.8. The first-order valence-corrected chi connectivity index (χ1v) is 12.4. The third kappa shape index (κ3) is 4.99. The Kier molecular flexibility index (Phi) is 7.70. The van der Waals surface area contributed by atoms with Crippen LogP contribution in [0.2, 0.25) is 0 Å². The van der Waals surface area contributed by atoms with Crippen LogP contribution >= 0.6 is 15.9 Å². The molecule has 2 aromatic carbocycles. The summed E-state index contributed by atoms with van der Waals surface area (Å²) in [5.74, 6) is -0.793. The van der Waals surface area contributed by atoms with Gasteiger partial charge >= 0.3 is 0 Å². The van der Waals surface area contributed by atoms with Crippen LogP contribution in [-0.2, 0) is 9.53 Å². The lowest BCUT2D eigenvalue weighted by Crippen LogP contribution is -2.32. The predicted octanol–water partition coefficient (Wildman–Crippen LogP) is 5.61. The zero-order valence-corrected chi connectivity index (χ0v) is 22.1. The smallest absolute Gasteiger partial charge is 0.290 e. The van der Waals surface area contributed by atoms with E-state index >= 15 is 0 Å². The molecular weight excluding hydrogens is 530 g/mol. The number of hydrogen-bond donors (Lipinski definition) is 1. The van der Waals surface area contributed by atoms with E-state index in [9.17, 15) is 14.7 Å². The summed E-state index contributed by atoms with van der Waals surface area (Å²) in [6.07, 6.45) is 0.582. The summed E-state index contributed by atoms with van der Waals surface area (Å²) in [5.41, 5.74) is 1.07. The van der Waals surface area contributed by atoms with Gasteiger partial charge < -0.3 is 28.6 Å². The van der Waals surface area contributed by atoms with E-state index < -0.39 is 23.5 Å². The minimum Gasteiger partial charge on any atom is -0.503 e. The molecule has 0 saturated heterocycles. The van der Waals surface area contributed by atoms with E-state index in [1.165, 1.54) is 19.1 Å². The second-order valence-corrected chi connectivity index (χ2v) is 9.59. The van der Waals surface area contributed by atoms with Gasteiger partial charge in [-0.1, -0.05) is 22.0 Å². The molecular formula is C27H28BrNO7. The summed E-state index contributed by atoms with van der Waals surface area (Å²) < 4.78 is 23.0. The molecule has 0 bridgehead atoms. The number of rotatable bonds is 10. The highest BCUT2D eigenvalue weighted by molar-refractivity contribution is 9.10. The van der Waals surface area contributed by atoms with Crippen molar-refractivity contribution in [3.63, 3.8) is 0 Å². The van der Waals surface area contributed by atoms with Gasteiger partial charge in [0.1, 0.15) is 5.58 Å². The molecule has 1 aromatic heterocycles. The van der Waals surface area contributed by atoms with Crippen molar-refractivity contribution in [1.29, 1.82) is 0 Å². The number of methoxy groups -OCH3 is 2. The van der Waals surface area contributed by atoms with Gasteiger partial charge in [-0.3, -0.25) is 9.59 Å². The topological polar surface area (TPSA) is 98.4 Å². The van der Waals surface area contributed by atoms with Crippen molar-refractivity contribution in [1.82, 2.24) is 4.90 Å². The van der Waals surface area contributed by atoms with Crippen LogP contribution in [0, 0.1) is 0 Å². The average Bonchev–Trinajstić information content (AvgIpc) is 3.39. The largest absolute Gasteiger partial charge is 0.503 e. The minimum atomic E-state index is -0.844. The van der Waals surface area contributed by atoms with Crippen molar-refractivity contribution in [2.75, 3.05) is 27.4 Å². The molecule has 1 aliphatic heterocycles. The van der Waals surface area contributed by atoms with Crippen molar-refractivity contribution in [2.45, 2.75) is 32.4 Å². The molecule has 9 heteroatoms. The van der Waals surface area contributed by atoms with Crippen LogP contribution in [0.3, 0.4) is 0 Å². The van der Waals surface area contributed by atoms with Crippen molar-refractivity contribution >= 4 is 38.6 Å². The quantitative estimate of drug-likeness (QED) is 0.255. The molecule has 1 N–H and O–H groups in total. The number of ether oxygens (including phenoxy) is 3. The molecule has 1 aliphatic rings. The first kappa shape index (κ1) is 25.8. The lowest BCUT2D eigenvalue weighted by molar-refractivity contribution is -0.129. The molecule has 1 atom stereocenters. The summed E-state index contributed by atoms with van der Waals surface area (Å²) in [6.45, 7) is 4.58. The molecule has 0 spiro atoms. The van der Waals surface area contributed by atoms with Crippen molar-refractivity contribution in [3.8, 4) is 11.5 Å². The van der Waals surface area contributed by atoms with Crippen LogP contribution in [-0.4, -0.2) is 55.2 Å². The van der Waals surface area contributed by atoms with Gasteiger partial charge in [0.05, 0.1) is 31.9 Å². The van der Waals surface area contributed by atoms with E-state index in [1.54, 1.807) is 30.3 Å². The Bertz CT molecular complexity index is 1330. The van der Waals surface area contributed by atoms with Gasteiger partial charge in [-0.2, -0.15) is 0 Å². The van der Waals surface area contributed by atoms with E-state index in [0.717, 1.165) is 9.86 Å². The van der Waals surface area contributed by atoms with Crippen LogP contribution in [0.4, 0.5) is 0 Å². The molecule has 0 aliphatic carbocycles. The number of aliphatic hydroxyl groups is 1. The number of carbonyl (C=O) groups excluding carboxylic acids is 2. The standard InChI is InChI=1S/C27H28BrNO7/c1-15(2)35-11-5-10-29-24(16-6-8-20(33-3)21(13-16)34-4)23(26(31)27(29)32)25(30)22-14-17-12-18(28)7-9-19(17)36-22/h6-9,12-15,24,31H,5,10-11H2,1-4H3. The Labute approximate surface area is 217 Å². The molecule has 1 unspecified atom stereocenters. The summed E-state index contributed by atoms with van der Waals surface area (Å²) >= 11 is 3.41. The van der Waals surface area contributed by atoms with E-state index in [0.29, 0.717) is 35.7 Å². The molecule has 0 fully saturated rings. The maximum atomic E-state index is 13.7. The number of halogens is 1. The van der Waals surface area contributed by atoms with Gasteiger partial charge in [-0.15, -0.1) is 0 Å². The van der Waals surface area contributed by atoms with Crippen LogP contribution in [0.25, 0.3) is 11.0 Å². The van der Waals surface area contributed by atoms with Crippen LogP contribution in [0.15, 0.2) is 62.7 Å². The Balaban J connectivity index is 1.75. The number of carbonyl (C=O) groups is 2. The maximum Gasteiger partial charge on any atom is 0.290 e. The number of nitrogens with zero attached hydrogens (tertiary/aromatic N) is 1. The number of aliphatic hydroxyl groups excluding tert-OH is 1. The molecule has 190 valence electrons. The van der Waals surface area contributed by atoms with Gasteiger partial charge in [-0.25, -0.2) is 0 Å². The third-order valence-electron chi connectivity index (χ3n) is 5.97. The number of benzene rings is 2. The van der Waals surface area contributed by atoms with E-state index in [2.05, 4.69) is 15.9 Å².